The molecule has 0 saturated heterocycles. The van der Waals surface area contributed by atoms with Crippen LogP contribution in [0.2, 0.25) is 0 Å². The molecule has 0 bridgehead atoms. The molecule has 0 amide bonds. The second kappa shape index (κ2) is 9.46. The molecule has 0 aliphatic carbocycles. The molecule has 2 heterocycles. The molecule has 0 spiro atoms. The fourth-order valence-corrected chi connectivity index (χ4v) is 3.16. The number of nitrogens with zero attached hydrogens (tertiary/aromatic N) is 2. The van der Waals surface area contributed by atoms with Crippen LogP contribution in [0.25, 0.3) is 11.1 Å². The Morgan fingerprint density at radius 3 is 2.52 bits per heavy atom. The van der Waals surface area contributed by atoms with Crippen molar-refractivity contribution in [3.05, 3.63) is 63.5 Å². The van der Waals surface area contributed by atoms with E-state index in [9.17, 15) is 14.4 Å². The number of pyridine rings is 1. The van der Waals surface area contributed by atoms with Crippen molar-refractivity contribution in [2.24, 2.45) is 0 Å². The molecule has 3 atom stereocenters. The van der Waals surface area contributed by atoms with Crippen molar-refractivity contribution in [2.45, 2.75) is 45.4 Å². The van der Waals surface area contributed by atoms with E-state index in [0.29, 0.717) is 16.7 Å². The topological polar surface area (TPSA) is 110 Å². The molecule has 2 aromatic heterocycles. The first-order valence-electron chi connectivity index (χ1n) is 9.87. The number of carbonyl (C=O) groups is 1. The maximum atomic E-state index is 12.8. The van der Waals surface area contributed by atoms with E-state index in [-0.39, 0.29) is 16.8 Å². The highest BCUT2D eigenvalue weighted by Crippen LogP contribution is 2.21. The molecule has 3 aromatic rings. The molecule has 31 heavy (non-hydrogen) atoms. The van der Waals surface area contributed by atoms with Gasteiger partial charge < -0.3 is 18.6 Å². The van der Waals surface area contributed by atoms with E-state index >= 15 is 0 Å². The normalized spacial score (nSPS) is 13.9. The summed E-state index contributed by atoms with van der Waals surface area (Å²) in [5.41, 5.74) is -0.962. The number of hydrogen-bond donors (Lipinski definition) is 0. The zero-order valence-corrected chi connectivity index (χ0v) is 17.7. The van der Waals surface area contributed by atoms with Gasteiger partial charge in [-0.05, 0) is 32.4 Å². The molecule has 0 unspecified atom stereocenters. The number of aromatic nitrogens is 2. The van der Waals surface area contributed by atoms with Gasteiger partial charge in [0, 0.05) is 12.3 Å². The Bertz CT molecular complexity index is 1170. The highest BCUT2D eigenvalue weighted by molar-refractivity contribution is 5.78. The standard InChI is InChI=1S/C22H24N2O7/c1-5-16(14(3)29-15-9-7-6-8-10-15)30-21(26)13(2)24-20(25)18-19(31-22(24)27)17(28-4)11-12-23-18/h6-14,16H,5H2,1-4H3/t13-,14+,16-/m0/s1. The molecular formula is C22H24N2O7. The molecule has 0 fully saturated rings. The van der Waals surface area contributed by atoms with Crippen LogP contribution in [0.4, 0.5) is 0 Å². The van der Waals surface area contributed by atoms with Gasteiger partial charge in [-0.25, -0.2) is 19.1 Å². The van der Waals surface area contributed by atoms with Crippen molar-refractivity contribution >= 4 is 17.1 Å². The Morgan fingerprint density at radius 1 is 1.16 bits per heavy atom. The first-order chi connectivity index (χ1) is 14.9. The number of carbonyl (C=O) groups excluding carboxylic acids is 1. The summed E-state index contributed by atoms with van der Waals surface area (Å²) in [6.07, 6.45) is 0.800. The van der Waals surface area contributed by atoms with Gasteiger partial charge in [0.2, 0.25) is 5.58 Å². The van der Waals surface area contributed by atoms with Gasteiger partial charge >= 0.3 is 11.7 Å². The van der Waals surface area contributed by atoms with Gasteiger partial charge in [0.25, 0.3) is 5.56 Å². The number of hydrogen-bond acceptors (Lipinski definition) is 8. The quantitative estimate of drug-likeness (QED) is 0.504. The molecule has 9 nitrogen and oxygen atoms in total. The van der Waals surface area contributed by atoms with Crippen molar-refractivity contribution in [3.8, 4) is 11.5 Å². The van der Waals surface area contributed by atoms with Crippen LogP contribution in [0, 0.1) is 0 Å². The lowest BCUT2D eigenvalue weighted by atomic mass is 10.1. The number of methoxy groups -OCH3 is 1. The minimum atomic E-state index is -1.22. The molecule has 0 aliphatic heterocycles. The number of benzene rings is 1. The fraction of sp³-hybridized carbons (Fsp3) is 0.364. The second-order valence-corrected chi connectivity index (χ2v) is 6.93. The van der Waals surface area contributed by atoms with Gasteiger partial charge in [-0.1, -0.05) is 25.1 Å². The van der Waals surface area contributed by atoms with Gasteiger partial charge in [0.15, 0.2) is 11.3 Å². The Kier molecular flexibility index (Phi) is 6.74. The van der Waals surface area contributed by atoms with Crippen molar-refractivity contribution in [1.82, 2.24) is 9.55 Å². The Morgan fingerprint density at radius 2 is 1.87 bits per heavy atom. The van der Waals surface area contributed by atoms with Crippen molar-refractivity contribution in [2.75, 3.05) is 7.11 Å². The average molecular weight is 428 g/mol. The van der Waals surface area contributed by atoms with E-state index in [2.05, 4.69) is 4.98 Å². The lowest BCUT2D eigenvalue weighted by Crippen LogP contribution is -2.41. The number of para-hydroxylation sites is 1. The van der Waals surface area contributed by atoms with E-state index in [0.717, 1.165) is 0 Å². The molecule has 3 rings (SSSR count). The van der Waals surface area contributed by atoms with Crippen LogP contribution in [-0.4, -0.2) is 34.8 Å². The number of esters is 1. The minimum absolute atomic E-state index is 0.0758. The number of fused-ring (bicyclic) bond motifs is 1. The van der Waals surface area contributed by atoms with Crippen LogP contribution in [-0.2, 0) is 9.53 Å². The highest BCUT2D eigenvalue weighted by Gasteiger charge is 2.28. The molecule has 0 radical (unpaired) electrons. The number of ether oxygens (including phenoxy) is 3. The van der Waals surface area contributed by atoms with Gasteiger partial charge in [-0.15, -0.1) is 0 Å². The van der Waals surface area contributed by atoms with Crippen LogP contribution in [0.15, 0.2) is 56.6 Å². The highest BCUT2D eigenvalue weighted by atomic mass is 16.6. The summed E-state index contributed by atoms with van der Waals surface area (Å²) < 4.78 is 22.4. The summed E-state index contributed by atoms with van der Waals surface area (Å²) in [5.74, 6) is -0.926. The number of rotatable bonds is 8. The van der Waals surface area contributed by atoms with Crippen molar-refractivity contribution < 1.29 is 23.4 Å². The fourth-order valence-electron chi connectivity index (χ4n) is 3.16. The molecule has 164 valence electrons. The second-order valence-electron chi connectivity index (χ2n) is 6.93. The lowest BCUT2D eigenvalue weighted by molar-refractivity contribution is -0.157. The third-order valence-corrected chi connectivity index (χ3v) is 4.88. The summed E-state index contributed by atoms with van der Waals surface area (Å²) >= 11 is 0. The molecule has 0 aliphatic rings. The summed E-state index contributed by atoms with van der Waals surface area (Å²) in [4.78, 5) is 42.1. The third-order valence-electron chi connectivity index (χ3n) is 4.88. The SMILES string of the molecule is CC[C@H](OC(=O)[C@H](C)n1c(=O)oc2c(OC)ccnc2c1=O)[C@@H](C)Oc1ccccc1. The van der Waals surface area contributed by atoms with E-state index in [1.54, 1.807) is 19.1 Å². The first kappa shape index (κ1) is 22.1. The molecular weight excluding hydrogens is 404 g/mol. The van der Waals surface area contributed by atoms with Crippen LogP contribution in [0.3, 0.4) is 0 Å². The average Bonchev–Trinajstić information content (AvgIpc) is 2.77. The maximum absolute atomic E-state index is 12.8. The smallest absolute Gasteiger partial charge is 0.423 e. The van der Waals surface area contributed by atoms with Crippen LogP contribution in [0.1, 0.15) is 33.2 Å². The Labute approximate surface area is 178 Å². The summed E-state index contributed by atoms with van der Waals surface area (Å²) in [7, 11) is 1.38. The predicted octanol–water partition coefficient (Wildman–Crippen LogP) is 2.71. The molecule has 9 heteroatoms. The molecule has 0 saturated carbocycles. The van der Waals surface area contributed by atoms with Gasteiger partial charge in [-0.2, -0.15) is 0 Å². The van der Waals surface area contributed by atoms with Gasteiger partial charge in [0.05, 0.1) is 7.11 Å². The van der Waals surface area contributed by atoms with Crippen LogP contribution < -0.4 is 20.8 Å². The zero-order chi connectivity index (χ0) is 22.5. The van der Waals surface area contributed by atoms with Crippen LogP contribution in [0.5, 0.6) is 11.5 Å². The first-order valence-corrected chi connectivity index (χ1v) is 9.87. The minimum Gasteiger partial charge on any atom is -0.493 e. The Hall–Kier alpha value is -3.62. The third kappa shape index (κ3) is 4.60. The summed E-state index contributed by atoms with van der Waals surface area (Å²) in [5, 5.41) is 0. The van der Waals surface area contributed by atoms with Gasteiger partial charge in [-0.3, -0.25) is 4.79 Å². The van der Waals surface area contributed by atoms with Gasteiger partial charge in [0.1, 0.15) is 24.0 Å². The molecule has 1 aromatic carbocycles. The lowest BCUT2D eigenvalue weighted by Gasteiger charge is -2.25. The molecule has 0 N–H and O–H groups in total. The maximum Gasteiger partial charge on any atom is 0.423 e. The van der Waals surface area contributed by atoms with E-state index < -0.39 is 35.5 Å². The van der Waals surface area contributed by atoms with Crippen LogP contribution >= 0.6 is 0 Å². The van der Waals surface area contributed by atoms with E-state index in [1.165, 1.54) is 26.3 Å². The predicted molar refractivity (Wildman–Crippen MR) is 113 cm³/mol. The van der Waals surface area contributed by atoms with E-state index in [1.807, 2.05) is 25.1 Å². The zero-order valence-electron chi connectivity index (χ0n) is 17.7. The Balaban J connectivity index is 1.84. The monoisotopic (exact) mass is 428 g/mol. The van der Waals surface area contributed by atoms with Crippen molar-refractivity contribution in [3.63, 3.8) is 0 Å². The summed E-state index contributed by atoms with van der Waals surface area (Å²) in [6.45, 7) is 5.02. The van der Waals surface area contributed by atoms with Crippen molar-refractivity contribution in [1.29, 1.82) is 0 Å². The summed E-state index contributed by atoms with van der Waals surface area (Å²) in [6, 6.07) is 9.39. The largest absolute Gasteiger partial charge is 0.493 e. The van der Waals surface area contributed by atoms with E-state index in [4.69, 9.17) is 18.6 Å².